The number of nitrogens with zero attached hydrogens (tertiary/aromatic N) is 4. The summed E-state index contributed by atoms with van der Waals surface area (Å²) in [4.78, 5) is 37.3. The fraction of sp³-hybridized carbons (Fsp3) is 0.308. The Bertz CT molecular complexity index is 1610. The zero-order valence-corrected chi connectivity index (χ0v) is 20.2. The van der Waals surface area contributed by atoms with Crippen LogP contribution in [-0.4, -0.2) is 25.2 Å². The van der Waals surface area contributed by atoms with Crippen molar-refractivity contribution in [2.24, 2.45) is 14.1 Å². The van der Waals surface area contributed by atoms with Crippen molar-refractivity contribution in [2.45, 2.75) is 32.4 Å². The van der Waals surface area contributed by atoms with Crippen LogP contribution >= 0.6 is 0 Å². The standard InChI is InChI=1S/C26H26N4O5/c1-15-6-8-16(9-7-15)20-19-21(27(4)25(32)28(5)24(19)31)22-23(35-14-26(2,3)29(20)22)17-10-12-18(13-11-17)30(33)34/h6-13,23H,14H2,1-5H3. The van der Waals surface area contributed by atoms with Gasteiger partial charge in [-0.2, -0.15) is 0 Å². The summed E-state index contributed by atoms with van der Waals surface area (Å²) >= 11 is 0. The summed E-state index contributed by atoms with van der Waals surface area (Å²) in [6, 6.07) is 14.1. The second kappa shape index (κ2) is 7.78. The number of hydrogen-bond donors (Lipinski definition) is 0. The molecule has 0 N–H and O–H groups in total. The van der Waals surface area contributed by atoms with Gasteiger partial charge in [-0.25, -0.2) is 4.79 Å². The lowest BCUT2D eigenvalue weighted by Crippen LogP contribution is -2.40. The van der Waals surface area contributed by atoms with E-state index >= 15 is 0 Å². The Balaban J connectivity index is 1.94. The van der Waals surface area contributed by atoms with Gasteiger partial charge in [-0.3, -0.25) is 24.0 Å². The molecular formula is C26H26N4O5. The first kappa shape index (κ1) is 22.8. The summed E-state index contributed by atoms with van der Waals surface area (Å²) in [7, 11) is 3.13. The number of non-ortho nitro benzene ring substituents is 1. The predicted octanol–water partition coefficient (Wildman–Crippen LogP) is 3.78. The lowest BCUT2D eigenvalue weighted by molar-refractivity contribution is -0.384. The van der Waals surface area contributed by atoms with Gasteiger partial charge in [0, 0.05) is 26.2 Å². The van der Waals surface area contributed by atoms with Gasteiger partial charge in [-0.1, -0.05) is 29.8 Å². The molecule has 0 bridgehead atoms. The highest BCUT2D eigenvalue weighted by molar-refractivity contribution is 5.96. The van der Waals surface area contributed by atoms with Crippen LogP contribution in [0.3, 0.4) is 0 Å². The van der Waals surface area contributed by atoms with Crippen LogP contribution in [0.2, 0.25) is 0 Å². The van der Waals surface area contributed by atoms with Crippen molar-refractivity contribution < 1.29 is 9.66 Å². The summed E-state index contributed by atoms with van der Waals surface area (Å²) < 4.78 is 11.1. The number of aryl methyl sites for hydroxylation is 2. The number of fused-ring (bicyclic) bond motifs is 3. The van der Waals surface area contributed by atoms with Crippen LogP contribution in [-0.2, 0) is 24.4 Å². The topological polar surface area (TPSA) is 101 Å². The molecule has 0 spiro atoms. The minimum atomic E-state index is -0.622. The Morgan fingerprint density at radius 2 is 1.63 bits per heavy atom. The Morgan fingerprint density at radius 1 is 1.00 bits per heavy atom. The van der Waals surface area contributed by atoms with Crippen LogP contribution in [0.25, 0.3) is 22.2 Å². The molecule has 0 fully saturated rings. The monoisotopic (exact) mass is 474 g/mol. The van der Waals surface area contributed by atoms with Crippen LogP contribution in [0, 0.1) is 17.0 Å². The van der Waals surface area contributed by atoms with E-state index in [0.29, 0.717) is 28.8 Å². The quantitative estimate of drug-likeness (QED) is 0.332. The molecule has 1 aliphatic rings. The molecule has 5 rings (SSSR count). The minimum absolute atomic E-state index is 0.0215. The number of aromatic nitrogens is 3. The first-order valence-electron chi connectivity index (χ1n) is 11.3. The van der Waals surface area contributed by atoms with Gasteiger partial charge in [0.2, 0.25) is 0 Å². The zero-order valence-electron chi connectivity index (χ0n) is 20.2. The van der Waals surface area contributed by atoms with Gasteiger partial charge in [0.1, 0.15) is 6.10 Å². The van der Waals surface area contributed by atoms with Gasteiger partial charge in [-0.15, -0.1) is 0 Å². The number of hydrogen-bond acceptors (Lipinski definition) is 5. The van der Waals surface area contributed by atoms with Crippen molar-refractivity contribution in [3.8, 4) is 11.3 Å². The van der Waals surface area contributed by atoms with Crippen molar-refractivity contribution in [2.75, 3.05) is 6.61 Å². The van der Waals surface area contributed by atoms with Gasteiger partial charge in [0.25, 0.3) is 11.2 Å². The molecule has 9 nitrogen and oxygen atoms in total. The predicted molar refractivity (Wildman–Crippen MR) is 133 cm³/mol. The highest BCUT2D eigenvalue weighted by Gasteiger charge is 2.40. The Hall–Kier alpha value is -3.98. The van der Waals surface area contributed by atoms with E-state index in [2.05, 4.69) is 4.57 Å². The number of nitro groups is 1. The van der Waals surface area contributed by atoms with Crippen molar-refractivity contribution in [3.05, 3.63) is 96.3 Å². The number of benzene rings is 2. The molecule has 0 amide bonds. The van der Waals surface area contributed by atoms with Crippen LogP contribution < -0.4 is 11.2 Å². The molecule has 1 unspecified atom stereocenters. The molecule has 35 heavy (non-hydrogen) atoms. The molecule has 2 aromatic carbocycles. The summed E-state index contributed by atoms with van der Waals surface area (Å²) in [6.07, 6.45) is -0.622. The molecule has 1 atom stereocenters. The molecule has 4 aromatic rings. The van der Waals surface area contributed by atoms with Gasteiger partial charge in [0.15, 0.2) is 0 Å². The van der Waals surface area contributed by atoms with E-state index in [-0.39, 0.29) is 11.2 Å². The largest absolute Gasteiger partial charge is 0.365 e. The van der Waals surface area contributed by atoms with Crippen LogP contribution in [0.4, 0.5) is 5.69 Å². The maximum absolute atomic E-state index is 13.6. The van der Waals surface area contributed by atoms with Crippen LogP contribution in [0.15, 0.2) is 58.1 Å². The summed E-state index contributed by atoms with van der Waals surface area (Å²) in [5, 5.41) is 11.6. The number of ether oxygens (including phenoxy) is 1. The van der Waals surface area contributed by atoms with Crippen molar-refractivity contribution in [3.63, 3.8) is 0 Å². The van der Waals surface area contributed by atoms with Gasteiger partial charge >= 0.3 is 5.69 Å². The Labute approximate surface area is 201 Å². The lowest BCUT2D eigenvalue weighted by Gasteiger charge is -2.39. The average molecular weight is 475 g/mol. The molecule has 0 saturated carbocycles. The van der Waals surface area contributed by atoms with Crippen molar-refractivity contribution in [1.29, 1.82) is 0 Å². The third-order valence-corrected chi connectivity index (χ3v) is 6.80. The van der Waals surface area contributed by atoms with E-state index in [1.807, 2.05) is 45.0 Å². The second-order valence-electron chi connectivity index (χ2n) is 9.72. The second-order valence-corrected chi connectivity index (χ2v) is 9.72. The molecule has 2 aromatic heterocycles. The van der Waals surface area contributed by atoms with E-state index in [1.54, 1.807) is 19.2 Å². The molecule has 0 aliphatic carbocycles. The molecule has 0 saturated heterocycles. The Kier molecular flexibility index (Phi) is 5.06. The number of nitro benzene ring substituents is 1. The summed E-state index contributed by atoms with van der Waals surface area (Å²) in [5.41, 5.74) is 3.20. The minimum Gasteiger partial charge on any atom is -0.365 e. The first-order valence-corrected chi connectivity index (χ1v) is 11.3. The fourth-order valence-electron chi connectivity index (χ4n) is 5.01. The SMILES string of the molecule is Cc1ccc(-c2c3c(=O)n(C)c(=O)n(C)c3c3n2C(C)(C)COC3c2ccc([N+](=O)[O-])cc2)cc1. The van der Waals surface area contributed by atoms with E-state index in [0.717, 1.165) is 21.4 Å². The lowest BCUT2D eigenvalue weighted by atomic mass is 9.98. The molecule has 180 valence electrons. The maximum atomic E-state index is 13.6. The average Bonchev–Trinajstić information content (AvgIpc) is 3.20. The summed E-state index contributed by atoms with van der Waals surface area (Å²) in [5.74, 6) is 0. The molecular weight excluding hydrogens is 448 g/mol. The third kappa shape index (κ3) is 3.34. The van der Waals surface area contributed by atoms with Crippen molar-refractivity contribution in [1.82, 2.24) is 13.7 Å². The van der Waals surface area contributed by atoms with E-state index < -0.39 is 22.3 Å². The van der Waals surface area contributed by atoms with Gasteiger partial charge in [-0.05, 0) is 44.0 Å². The molecule has 3 heterocycles. The molecule has 1 aliphatic heterocycles. The number of rotatable bonds is 3. The highest BCUT2D eigenvalue weighted by atomic mass is 16.6. The van der Waals surface area contributed by atoms with Crippen LogP contribution in [0.5, 0.6) is 0 Å². The Morgan fingerprint density at radius 3 is 2.23 bits per heavy atom. The van der Waals surface area contributed by atoms with E-state index in [4.69, 9.17) is 4.74 Å². The fourth-order valence-corrected chi connectivity index (χ4v) is 5.01. The zero-order chi connectivity index (χ0) is 25.2. The first-order chi connectivity index (χ1) is 16.5. The van der Waals surface area contributed by atoms with Gasteiger partial charge < -0.3 is 9.30 Å². The van der Waals surface area contributed by atoms with Crippen molar-refractivity contribution >= 4 is 16.6 Å². The smallest absolute Gasteiger partial charge is 0.331 e. The molecule has 0 radical (unpaired) electrons. The third-order valence-electron chi connectivity index (χ3n) is 6.80. The summed E-state index contributed by atoms with van der Waals surface area (Å²) in [6.45, 7) is 6.40. The molecule has 9 heteroatoms. The van der Waals surface area contributed by atoms with E-state index in [1.165, 1.54) is 23.7 Å². The van der Waals surface area contributed by atoms with Gasteiger partial charge in [0.05, 0.1) is 39.4 Å². The van der Waals surface area contributed by atoms with Crippen LogP contribution in [0.1, 0.15) is 36.8 Å². The normalized spacial score (nSPS) is 16.9. The van der Waals surface area contributed by atoms with E-state index in [9.17, 15) is 19.7 Å². The maximum Gasteiger partial charge on any atom is 0.331 e. The highest BCUT2D eigenvalue weighted by Crippen LogP contribution is 2.45.